The third-order valence-corrected chi connectivity index (χ3v) is 3.49. The van der Waals surface area contributed by atoms with Gasteiger partial charge < -0.3 is 10.1 Å². The highest BCUT2D eigenvalue weighted by atomic mass is 19.1. The molecular weight excluding hydrogens is 229 g/mol. The molecular formula is C15H22FNO. The Morgan fingerprint density at radius 1 is 1.39 bits per heavy atom. The fourth-order valence-corrected chi connectivity index (χ4v) is 2.41. The lowest BCUT2D eigenvalue weighted by Gasteiger charge is -2.39. The van der Waals surface area contributed by atoms with Gasteiger partial charge in [0.05, 0.1) is 0 Å². The van der Waals surface area contributed by atoms with E-state index in [9.17, 15) is 4.39 Å². The van der Waals surface area contributed by atoms with Crippen molar-refractivity contribution in [3.8, 4) is 5.75 Å². The molecule has 1 aliphatic rings. The number of rotatable bonds is 2. The van der Waals surface area contributed by atoms with Crippen LogP contribution in [0.5, 0.6) is 5.75 Å². The van der Waals surface area contributed by atoms with Crippen molar-refractivity contribution in [2.75, 3.05) is 6.54 Å². The number of fused-ring (bicyclic) bond motifs is 1. The summed E-state index contributed by atoms with van der Waals surface area (Å²) >= 11 is 0. The first-order valence-corrected chi connectivity index (χ1v) is 6.61. The molecule has 100 valence electrons. The van der Waals surface area contributed by atoms with E-state index < -0.39 is 0 Å². The number of ether oxygens (including phenoxy) is 1. The largest absolute Gasteiger partial charge is 0.489 e. The highest BCUT2D eigenvalue weighted by Gasteiger charge is 2.35. The number of nitrogens with one attached hydrogen (secondary N) is 1. The lowest BCUT2D eigenvalue weighted by molar-refractivity contribution is 0.0527. The summed E-state index contributed by atoms with van der Waals surface area (Å²) in [6.45, 7) is 9.46. The average molecular weight is 251 g/mol. The van der Waals surface area contributed by atoms with E-state index in [1.807, 2.05) is 6.07 Å². The van der Waals surface area contributed by atoms with Crippen LogP contribution in [0.25, 0.3) is 0 Å². The van der Waals surface area contributed by atoms with Crippen molar-refractivity contribution in [3.05, 3.63) is 29.6 Å². The summed E-state index contributed by atoms with van der Waals surface area (Å²) in [4.78, 5) is 0. The minimum absolute atomic E-state index is 0.0533. The highest BCUT2D eigenvalue weighted by molar-refractivity contribution is 5.38. The Morgan fingerprint density at radius 3 is 2.72 bits per heavy atom. The Labute approximate surface area is 109 Å². The predicted molar refractivity (Wildman–Crippen MR) is 71.3 cm³/mol. The van der Waals surface area contributed by atoms with Crippen molar-refractivity contribution in [1.82, 2.24) is 5.32 Å². The van der Waals surface area contributed by atoms with Crippen LogP contribution in [-0.2, 0) is 0 Å². The van der Waals surface area contributed by atoms with Gasteiger partial charge >= 0.3 is 0 Å². The van der Waals surface area contributed by atoms with Gasteiger partial charge in [-0.25, -0.2) is 4.39 Å². The summed E-state index contributed by atoms with van der Waals surface area (Å²) in [6, 6.07) is 5.09. The second-order valence-electron chi connectivity index (χ2n) is 6.00. The van der Waals surface area contributed by atoms with Crippen LogP contribution in [0.4, 0.5) is 4.39 Å². The van der Waals surface area contributed by atoms with Crippen molar-refractivity contribution in [1.29, 1.82) is 0 Å². The highest BCUT2D eigenvalue weighted by Crippen LogP contribution is 2.40. The van der Waals surface area contributed by atoms with E-state index in [2.05, 4.69) is 33.0 Å². The van der Waals surface area contributed by atoms with Gasteiger partial charge in [-0.15, -0.1) is 0 Å². The molecule has 0 bridgehead atoms. The second kappa shape index (κ2) is 4.88. The Bertz CT molecular complexity index is 425. The average Bonchev–Trinajstić information content (AvgIpc) is 2.27. The Hall–Kier alpha value is -1.09. The smallest absolute Gasteiger partial charge is 0.127 e. The molecule has 2 rings (SSSR count). The lowest BCUT2D eigenvalue weighted by atomic mass is 9.82. The zero-order valence-corrected chi connectivity index (χ0v) is 11.6. The van der Waals surface area contributed by atoms with Crippen molar-refractivity contribution in [2.45, 2.75) is 46.3 Å². The molecule has 2 unspecified atom stereocenters. The molecule has 1 aromatic rings. The number of hydrogen-bond donors (Lipinski definition) is 1. The monoisotopic (exact) mass is 251 g/mol. The Balaban J connectivity index is 2.34. The summed E-state index contributed by atoms with van der Waals surface area (Å²) < 4.78 is 19.3. The first kappa shape index (κ1) is 13.3. The van der Waals surface area contributed by atoms with Crippen LogP contribution < -0.4 is 10.1 Å². The zero-order valence-electron chi connectivity index (χ0n) is 11.6. The van der Waals surface area contributed by atoms with Crippen LogP contribution in [0.3, 0.4) is 0 Å². The fraction of sp³-hybridized carbons (Fsp3) is 0.600. The molecule has 0 aromatic heterocycles. The molecule has 0 radical (unpaired) electrons. The molecule has 2 nitrogen and oxygen atoms in total. The van der Waals surface area contributed by atoms with Crippen molar-refractivity contribution < 1.29 is 9.13 Å². The maximum Gasteiger partial charge on any atom is 0.127 e. The summed E-state index contributed by atoms with van der Waals surface area (Å²) in [5.41, 5.74) is 1.12. The quantitative estimate of drug-likeness (QED) is 0.866. The zero-order chi connectivity index (χ0) is 13.3. The summed E-state index contributed by atoms with van der Waals surface area (Å²) in [5.74, 6) is 0.450. The van der Waals surface area contributed by atoms with Crippen LogP contribution >= 0.6 is 0 Å². The third-order valence-electron chi connectivity index (χ3n) is 3.49. The van der Waals surface area contributed by atoms with E-state index in [1.165, 1.54) is 12.1 Å². The minimum atomic E-state index is -0.237. The number of hydrogen-bond acceptors (Lipinski definition) is 2. The normalized spacial score (nSPS) is 23.4. The molecule has 3 heteroatoms. The van der Waals surface area contributed by atoms with Crippen molar-refractivity contribution in [3.63, 3.8) is 0 Å². The molecule has 0 saturated heterocycles. The first-order valence-electron chi connectivity index (χ1n) is 6.61. The molecule has 0 aliphatic carbocycles. The van der Waals surface area contributed by atoms with Gasteiger partial charge in [0.15, 0.2) is 0 Å². The predicted octanol–water partition coefficient (Wildman–Crippen LogP) is 3.67. The van der Waals surface area contributed by atoms with E-state index in [1.54, 1.807) is 0 Å². The van der Waals surface area contributed by atoms with Gasteiger partial charge in [-0.1, -0.05) is 33.8 Å². The van der Waals surface area contributed by atoms with Crippen LogP contribution in [0, 0.1) is 11.2 Å². The standard InChI is InChI=1S/C15H22FNO/c1-5-17-12-9-14(15(2,3)4)18-13-8-10(16)6-7-11(12)13/h6-8,12,14,17H,5,9H2,1-4H3. The van der Waals surface area contributed by atoms with E-state index >= 15 is 0 Å². The lowest BCUT2D eigenvalue weighted by Crippen LogP contribution is -2.40. The van der Waals surface area contributed by atoms with E-state index in [-0.39, 0.29) is 23.4 Å². The van der Waals surface area contributed by atoms with Crippen molar-refractivity contribution >= 4 is 0 Å². The summed E-state index contributed by atoms with van der Waals surface area (Å²) in [6.07, 6.45) is 1.03. The van der Waals surface area contributed by atoms with E-state index in [4.69, 9.17) is 4.74 Å². The Kier molecular flexibility index (Phi) is 3.62. The molecule has 1 N–H and O–H groups in total. The maximum absolute atomic E-state index is 13.3. The topological polar surface area (TPSA) is 21.3 Å². The van der Waals surface area contributed by atoms with Crippen LogP contribution in [0.2, 0.25) is 0 Å². The van der Waals surface area contributed by atoms with Crippen LogP contribution in [0.1, 0.15) is 45.7 Å². The van der Waals surface area contributed by atoms with Gasteiger partial charge in [0.2, 0.25) is 0 Å². The second-order valence-corrected chi connectivity index (χ2v) is 6.00. The van der Waals surface area contributed by atoms with Gasteiger partial charge in [-0.05, 0) is 18.0 Å². The molecule has 18 heavy (non-hydrogen) atoms. The fourth-order valence-electron chi connectivity index (χ4n) is 2.41. The van der Waals surface area contributed by atoms with E-state index in [0.29, 0.717) is 5.75 Å². The number of halogens is 1. The summed E-state index contributed by atoms with van der Waals surface area (Å²) in [7, 11) is 0. The van der Waals surface area contributed by atoms with Gasteiger partial charge in [0.1, 0.15) is 17.7 Å². The van der Waals surface area contributed by atoms with Gasteiger partial charge in [-0.2, -0.15) is 0 Å². The van der Waals surface area contributed by atoms with Gasteiger partial charge in [-0.3, -0.25) is 0 Å². The van der Waals surface area contributed by atoms with Crippen molar-refractivity contribution in [2.24, 2.45) is 5.41 Å². The molecule has 1 aromatic carbocycles. The molecule has 0 fully saturated rings. The Morgan fingerprint density at radius 2 is 2.11 bits per heavy atom. The maximum atomic E-state index is 13.3. The third kappa shape index (κ3) is 2.66. The minimum Gasteiger partial charge on any atom is -0.489 e. The molecule has 2 atom stereocenters. The van der Waals surface area contributed by atoms with E-state index in [0.717, 1.165) is 18.5 Å². The molecule has 1 aliphatic heterocycles. The van der Waals surface area contributed by atoms with Crippen LogP contribution in [-0.4, -0.2) is 12.6 Å². The van der Waals surface area contributed by atoms with Gasteiger partial charge in [0.25, 0.3) is 0 Å². The SMILES string of the molecule is CCNC1CC(C(C)(C)C)Oc2cc(F)ccc21. The van der Waals surface area contributed by atoms with Gasteiger partial charge in [0, 0.05) is 24.1 Å². The molecule has 0 amide bonds. The summed E-state index contributed by atoms with van der Waals surface area (Å²) in [5, 5.41) is 3.46. The first-order chi connectivity index (χ1) is 8.41. The van der Waals surface area contributed by atoms with Crippen LogP contribution in [0.15, 0.2) is 18.2 Å². The molecule has 0 spiro atoms. The molecule has 1 heterocycles. The molecule has 0 saturated carbocycles. The number of benzene rings is 1.